The molecule has 0 saturated heterocycles. The van der Waals surface area contributed by atoms with E-state index in [4.69, 9.17) is 9.15 Å². The lowest BCUT2D eigenvalue weighted by Gasteiger charge is -2.00. The Bertz CT molecular complexity index is 480. The SMILES string of the molecule is COc1cccc(-c2nnc(C(C)O)o2)c1. The van der Waals surface area contributed by atoms with Crippen molar-refractivity contribution in [3.63, 3.8) is 0 Å². The predicted octanol–water partition coefficient (Wildman–Crippen LogP) is 1.80. The topological polar surface area (TPSA) is 68.4 Å². The number of rotatable bonds is 3. The third kappa shape index (κ3) is 2.04. The van der Waals surface area contributed by atoms with Crippen LogP contribution in [0.4, 0.5) is 0 Å². The summed E-state index contributed by atoms with van der Waals surface area (Å²) in [6.07, 6.45) is -0.758. The zero-order valence-electron chi connectivity index (χ0n) is 9.04. The molecular weight excluding hydrogens is 208 g/mol. The molecule has 1 aromatic carbocycles. The minimum absolute atomic E-state index is 0.206. The van der Waals surface area contributed by atoms with Crippen molar-refractivity contribution in [2.24, 2.45) is 0 Å². The summed E-state index contributed by atoms with van der Waals surface area (Å²) in [5, 5.41) is 16.9. The monoisotopic (exact) mass is 220 g/mol. The number of methoxy groups -OCH3 is 1. The third-order valence-corrected chi connectivity index (χ3v) is 2.11. The Labute approximate surface area is 92.7 Å². The first-order chi connectivity index (χ1) is 7.70. The molecule has 2 rings (SSSR count). The summed E-state index contributed by atoms with van der Waals surface area (Å²) < 4.78 is 10.4. The van der Waals surface area contributed by atoms with Gasteiger partial charge in [0.25, 0.3) is 0 Å². The van der Waals surface area contributed by atoms with Crippen LogP contribution in [0.25, 0.3) is 11.5 Å². The van der Waals surface area contributed by atoms with Gasteiger partial charge < -0.3 is 14.3 Å². The van der Waals surface area contributed by atoms with Crippen molar-refractivity contribution >= 4 is 0 Å². The molecule has 0 bridgehead atoms. The van der Waals surface area contributed by atoms with Gasteiger partial charge in [0, 0.05) is 5.56 Å². The molecule has 16 heavy (non-hydrogen) atoms. The molecule has 1 heterocycles. The highest BCUT2D eigenvalue weighted by molar-refractivity contribution is 5.55. The molecule has 1 atom stereocenters. The van der Waals surface area contributed by atoms with Gasteiger partial charge in [0.05, 0.1) is 7.11 Å². The van der Waals surface area contributed by atoms with Gasteiger partial charge in [-0.2, -0.15) is 0 Å². The maximum absolute atomic E-state index is 9.26. The van der Waals surface area contributed by atoms with Gasteiger partial charge in [-0.1, -0.05) is 6.07 Å². The summed E-state index contributed by atoms with van der Waals surface area (Å²) in [5.74, 6) is 1.29. The summed E-state index contributed by atoms with van der Waals surface area (Å²) in [5.41, 5.74) is 0.763. The van der Waals surface area contributed by atoms with Crippen LogP contribution in [-0.4, -0.2) is 22.4 Å². The van der Waals surface area contributed by atoms with Gasteiger partial charge in [-0.3, -0.25) is 0 Å². The fourth-order valence-electron chi connectivity index (χ4n) is 1.28. The van der Waals surface area contributed by atoms with E-state index in [1.54, 1.807) is 20.1 Å². The van der Waals surface area contributed by atoms with Gasteiger partial charge in [-0.05, 0) is 25.1 Å². The van der Waals surface area contributed by atoms with Gasteiger partial charge in [0.1, 0.15) is 11.9 Å². The Kier molecular flexibility index (Phi) is 2.87. The first-order valence-corrected chi connectivity index (χ1v) is 4.86. The molecule has 84 valence electrons. The van der Waals surface area contributed by atoms with Crippen LogP contribution in [0.3, 0.4) is 0 Å². The Morgan fingerprint density at radius 1 is 1.38 bits per heavy atom. The van der Waals surface area contributed by atoms with Gasteiger partial charge in [0.15, 0.2) is 0 Å². The minimum Gasteiger partial charge on any atom is -0.497 e. The maximum atomic E-state index is 9.26. The zero-order valence-corrected chi connectivity index (χ0v) is 9.04. The highest BCUT2D eigenvalue weighted by Crippen LogP contribution is 2.23. The molecule has 1 unspecified atom stereocenters. The van der Waals surface area contributed by atoms with Crippen LogP contribution in [0, 0.1) is 0 Å². The van der Waals surface area contributed by atoms with Gasteiger partial charge >= 0.3 is 0 Å². The predicted molar refractivity (Wildman–Crippen MR) is 56.9 cm³/mol. The van der Waals surface area contributed by atoms with Crippen molar-refractivity contribution in [1.82, 2.24) is 10.2 Å². The quantitative estimate of drug-likeness (QED) is 0.854. The van der Waals surface area contributed by atoms with E-state index in [0.717, 1.165) is 5.56 Å². The maximum Gasteiger partial charge on any atom is 0.248 e. The Morgan fingerprint density at radius 3 is 2.81 bits per heavy atom. The number of ether oxygens (including phenoxy) is 1. The lowest BCUT2D eigenvalue weighted by Crippen LogP contribution is -1.89. The number of aliphatic hydroxyl groups is 1. The Morgan fingerprint density at radius 2 is 2.19 bits per heavy atom. The first-order valence-electron chi connectivity index (χ1n) is 4.86. The normalized spacial score (nSPS) is 12.4. The molecular formula is C11H12N2O3. The molecule has 0 aliphatic rings. The molecule has 0 radical (unpaired) electrons. The van der Waals surface area contributed by atoms with Crippen LogP contribution in [0.15, 0.2) is 28.7 Å². The standard InChI is InChI=1S/C11H12N2O3/c1-7(14)10-12-13-11(16-10)8-4-3-5-9(6-8)15-2/h3-7,14H,1-2H3. The average Bonchev–Trinajstić information content (AvgIpc) is 2.78. The van der Waals surface area contributed by atoms with E-state index >= 15 is 0 Å². The number of hydrogen-bond acceptors (Lipinski definition) is 5. The summed E-state index contributed by atoms with van der Waals surface area (Å²) in [7, 11) is 1.59. The van der Waals surface area contributed by atoms with Crippen molar-refractivity contribution in [1.29, 1.82) is 0 Å². The van der Waals surface area contributed by atoms with E-state index in [0.29, 0.717) is 11.6 Å². The van der Waals surface area contributed by atoms with Crippen molar-refractivity contribution in [2.45, 2.75) is 13.0 Å². The minimum atomic E-state index is -0.758. The lowest BCUT2D eigenvalue weighted by molar-refractivity contribution is 0.163. The average molecular weight is 220 g/mol. The molecule has 0 spiro atoms. The van der Waals surface area contributed by atoms with Crippen molar-refractivity contribution in [3.05, 3.63) is 30.2 Å². The smallest absolute Gasteiger partial charge is 0.248 e. The largest absolute Gasteiger partial charge is 0.497 e. The van der Waals surface area contributed by atoms with E-state index in [1.165, 1.54) is 0 Å². The number of aromatic nitrogens is 2. The Balaban J connectivity index is 2.34. The van der Waals surface area contributed by atoms with Gasteiger partial charge in [-0.15, -0.1) is 10.2 Å². The lowest BCUT2D eigenvalue weighted by atomic mass is 10.2. The van der Waals surface area contributed by atoms with E-state index in [2.05, 4.69) is 10.2 Å². The molecule has 0 aliphatic heterocycles. The van der Waals surface area contributed by atoms with Crippen LogP contribution < -0.4 is 4.74 Å². The van der Waals surface area contributed by atoms with Gasteiger partial charge in [0.2, 0.25) is 11.8 Å². The number of nitrogens with zero attached hydrogens (tertiary/aromatic N) is 2. The van der Waals surface area contributed by atoms with E-state index in [1.807, 2.05) is 18.2 Å². The number of aliphatic hydroxyl groups excluding tert-OH is 1. The molecule has 0 fully saturated rings. The number of benzene rings is 1. The van der Waals surface area contributed by atoms with Crippen LogP contribution in [-0.2, 0) is 0 Å². The molecule has 1 aromatic heterocycles. The summed E-state index contributed by atoms with van der Waals surface area (Å²) in [6.45, 7) is 1.57. The highest BCUT2D eigenvalue weighted by Gasteiger charge is 2.12. The fourth-order valence-corrected chi connectivity index (χ4v) is 1.28. The summed E-state index contributed by atoms with van der Waals surface area (Å²) >= 11 is 0. The molecule has 5 nitrogen and oxygen atoms in total. The van der Waals surface area contributed by atoms with Crippen LogP contribution in [0.1, 0.15) is 18.9 Å². The van der Waals surface area contributed by atoms with Crippen molar-refractivity contribution in [2.75, 3.05) is 7.11 Å². The first kappa shape index (κ1) is 10.6. The Hall–Kier alpha value is -1.88. The second kappa shape index (κ2) is 4.32. The van der Waals surface area contributed by atoms with E-state index in [9.17, 15) is 5.11 Å². The van der Waals surface area contributed by atoms with Crippen LogP contribution >= 0.6 is 0 Å². The van der Waals surface area contributed by atoms with Crippen molar-refractivity contribution < 1.29 is 14.3 Å². The van der Waals surface area contributed by atoms with Crippen LogP contribution in [0.2, 0.25) is 0 Å². The van der Waals surface area contributed by atoms with Crippen LogP contribution in [0.5, 0.6) is 5.75 Å². The fraction of sp³-hybridized carbons (Fsp3) is 0.273. The van der Waals surface area contributed by atoms with E-state index in [-0.39, 0.29) is 5.89 Å². The summed E-state index contributed by atoms with van der Waals surface area (Å²) in [4.78, 5) is 0. The van der Waals surface area contributed by atoms with Crippen molar-refractivity contribution in [3.8, 4) is 17.2 Å². The second-order valence-corrected chi connectivity index (χ2v) is 3.35. The molecule has 0 saturated carbocycles. The second-order valence-electron chi connectivity index (χ2n) is 3.35. The molecule has 0 aliphatic carbocycles. The number of hydrogen-bond donors (Lipinski definition) is 1. The van der Waals surface area contributed by atoms with Gasteiger partial charge in [-0.25, -0.2) is 0 Å². The third-order valence-electron chi connectivity index (χ3n) is 2.11. The molecule has 2 aromatic rings. The summed E-state index contributed by atoms with van der Waals surface area (Å²) in [6, 6.07) is 7.29. The molecule has 5 heteroatoms. The zero-order chi connectivity index (χ0) is 11.5. The molecule has 1 N–H and O–H groups in total. The van der Waals surface area contributed by atoms with E-state index < -0.39 is 6.10 Å². The highest BCUT2D eigenvalue weighted by atomic mass is 16.5. The molecule has 0 amide bonds.